The number of carbonyl (C=O) groups is 1. The first-order valence-electron chi connectivity index (χ1n) is 9.38. The molecular formula is C23H30O3. The lowest BCUT2D eigenvalue weighted by atomic mass is 9.96. The van der Waals surface area contributed by atoms with Gasteiger partial charge in [0, 0.05) is 17.4 Å². The van der Waals surface area contributed by atoms with Crippen LogP contribution in [0.4, 0.5) is 0 Å². The largest absolute Gasteiger partial charge is 0.507 e. The van der Waals surface area contributed by atoms with Gasteiger partial charge in [0.25, 0.3) is 0 Å². The van der Waals surface area contributed by atoms with Crippen molar-refractivity contribution in [2.24, 2.45) is 0 Å². The summed E-state index contributed by atoms with van der Waals surface area (Å²) in [6, 6.07) is 11.0. The molecule has 3 nitrogen and oxygen atoms in total. The minimum absolute atomic E-state index is 0.0620. The maximum absolute atomic E-state index is 13.0. The number of furan rings is 1. The van der Waals surface area contributed by atoms with E-state index in [1.807, 2.05) is 58.9 Å². The van der Waals surface area contributed by atoms with Crippen LogP contribution in [0.25, 0.3) is 11.0 Å². The second-order valence-electron chi connectivity index (χ2n) is 5.54. The van der Waals surface area contributed by atoms with E-state index in [0.29, 0.717) is 34.4 Å². The van der Waals surface area contributed by atoms with Gasteiger partial charge >= 0.3 is 0 Å². The molecule has 0 saturated heterocycles. The van der Waals surface area contributed by atoms with Crippen LogP contribution >= 0.6 is 0 Å². The van der Waals surface area contributed by atoms with Crippen LogP contribution in [-0.4, -0.2) is 10.9 Å². The van der Waals surface area contributed by atoms with Crippen LogP contribution in [0.2, 0.25) is 0 Å². The number of ketones is 1. The van der Waals surface area contributed by atoms with Crippen LogP contribution < -0.4 is 0 Å². The van der Waals surface area contributed by atoms with E-state index >= 15 is 0 Å². The highest BCUT2D eigenvalue weighted by molar-refractivity contribution is 6.17. The molecule has 0 unspecified atom stereocenters. The molecule has 26 heavy (non-hydrogen) atoms. The van der Waals surface area contributed by atoms with E-state index in [9.17, 15) is 9.90 Å². The molecule has 3 heteroatoms. The molecule has 3 rings (SSSR count). The molecule has 2 aromatic carbocycles. The minimum Gasteiger partial charge on any atom is -0.507 e. The molecule has 1 heterocycles. The smallest absolute Gasteiger partial charge is 0.197 e. The van der Waals surface area contributed by atoms with Crippen molar-refractivity contribution in [1.29, 1.82) is 0 Å². The van der Waals surface area contributed by atoms with Gasteiger partial charge in [-0.25, -0.2) is 0 Å². The van der Waals surface area contributed by atoms with Gasteiger partial charge in [-0.3, -0.25) is 4.79 Å². The van der Waals surface area contributed by atoms with E-state index in [2.05, 4.69) is 0 Å². The third-order valence-electron chi connectivity index (χ3n) is 3.97. The summed E-state index contributed by atoms with van der Waals surface area (Å²) in [6.45, 7) is 13.6. The van der Waals surface area contributed by atoms with Gasteiger partial charge in [0.05, 0.1) is 5.56 Å². The maximum atomic E-state index is 13.0. The highest BCUT2D eigenvalue weighted by Gasteiger charge is 2.21. The fraction of sp³-hybridized carbons (Fsp3) is 0.348. The molecule has 0 aliphatic heterocycles. The zero-order valence-corrected chi connectivity index (χ0v) is 16.9. The first-order chi connectivity index (χ1) is 12.5. The van der Waals surface area contributed by atoms with Gasteiger partial charge in [0.2, 0.25) is 0 Å². The molecule has 140 valence electrons. The molecule has 0 aliphatic rings. The normalized spacial score (nSPS) is 9.81. The van der Waals surface area contributed by atoms with Crippen molar-refractivity contribution in [1.82, 2.24) is 0 Å². The van der Waals surface area contributed by atoms with Gasteiger partial charge in [0.15, 0.2) is 5.78 Å². The molecular weight excluding hydrogens is 324 g/mol. The summed E-state index contributed by atoms with van der Waals surface area (Å²) in [6.07, 6.45) is 0.659. The molecule has 0 saturated carbocycles. The average molecular weight is 354 g/mol. The first-order valence-corrected chi connectivity index (χ1v) is 9.38. The van der Waals surface area contributed by atoms with Gasteiger partial charge in [-0.2, -0.15) is 0 Å². The number of carbonyl (C=O) groups excluding carboxylic acids is 1. The lowest BCUT2D eigenvalue weighted by Crippen LogP contribution is -2.04. The lowest BCUT2D eigenvalue weighted by molar-refractivity contribution is 0.103. The van der Waals surface area contributed by atoms with Crippen LogP contribution in [0.5, 0.6) is 5.75 Å². The quantitative estimate of drug-likeness (QED) is 0.539. The van der Waals surface area contributed by atoms with Gasteiger partial charge in [-0.1, -0.05) is 52.8 Å². The molecule has 1 N–H and O–H groups in total. The number of benzene rings is 2. The van der Waals surface area contributed by atoms with Crippen LogP contribution in [0.3, 0.4) is 0 Å². The summed E-state index contributed by atoms with van der Waals surface area (Å²) in [5.74, 6) is 0.881. The predicted molar refractivity (Wildman–Crippen MR) is 109 cm³/mol. The molecule has 0 aliphatic carbocycles. The van der Waals surface area contributed by atoms with Crippen LogP contribution in [-0.2, 0) is 6.42 Å². The number of phenolic OH excluding ortho intramolecular Hbond substituents is 1. The van der Waals surface area contributed by atoms with Crippen molar-refractivity contribution >= 4 is 16.8 Å². The Hall–Kier alpha value is -2.55. The summed E-state index contributed by atoms with van der Waals surface area (Å²) < 4.78 is 5.80. The Bertz CT molecular complexity index is 849. The Morgan fingerprint density at radius 3 is 2.08 bits per heavy atom. The number of hydrogen-bond donors (Lipinski definition) is 1. The highest BCUT2D eigenvalue weighted by Crippen LogP contribution is 2.30. The topological polar surface area (TPSA) is 50.4 Å². The number of hydrogen-bond acceptors (Lipinski definition) is 3. The zero-order chi connectivity index (χ0) is 19.9. The molecule has 0 amide bonds. The minimum atomic E-state index is -0.0620. The van der Waals surface area contributed by atoms with Crippen molar-refractivity contribution in [3.05, 3.63) is 64.4 Å². The Kier molecular flexibility index (Phi) is 8.11. The van der Waals surface area contributed by atoms with E-state index in [1.165, 1.54) is 0 Å². The van der Waals surface area contributed by atoms with Gasteiger partial charge < -0.3 is 9.52 Å². The second-order valence-corrected chi connectivity index (χ2v) is 5.54. The standard InChI is InChI=1S/C19H18O3.2C2H6/c1-4-15-17(14-7-5-6-8-16(14)22-15)19(21)13-9-11(2)18(20)12(3)10-13;2*1-2/h5-10,20H,4H2,1-3H3;2*1-2H3. The van der Waals surface area contributed by atoms with E-state index in [0.717, 1.165) is 11.0 Å². The number of aryl methyl sites for hydroxylation is 3. The summed E-state index contributed by atoms with van der Waals surface area (Å²) in [5, 5.41) is 10.7. The molecule has 3 aromatic rings. The Labute approximate surface area is 156 Å². The monoisotopic (exact) mass is 354 g/mol. The number of phenols is 1. The summed E-state index contributed by atoms with van der Waals surface area (Å²) in [7, 11) is 0. The maximum Gasteiger partial charge on any atom is 0.197 e. The van der Waals surface area contributed by atoms with Gasteiger partial charge in [0.1, 0.15) is 17.1 Å². The van der Waals surface area contributed by atoms with Crippen molar-refractivity contribution in [3.63, 3.8) is 0 Å². The second kappa shape index (κ2) is 9.81. The Morgan fingerprint density at radius 2 is 1.54 bits per heavy atom. The molecule has 0 radical (unpaired) electrons. The Morgan fingerprint density at radius 1 is 1.00 bits per heavy atom. The molecule has 0 fully saturated rings. The SMILES string of the molecule is CC.CC.CCc1oc2ccccc2c1C(=O)c1cc(C)c(O)c(C)c1. The number of aromatic hydroxyl groups is 1. The summed E-state index contributed by atoms with van der Waals surface area (Å²) in [4.78, 5) is 13.0. The van der Waals surface area contributed by atoms with Gasteiger partial charge in [-0.15, -0.1) is 0 Å². The van der Waals surface area contributed by atoms with Crippen LogP contribution in [0.1, 0.15) is 67.4 Å². The number of rotatable bonds is 3. The lowest BCUT2D eigenvalue weighted by Gasteiger charge is -2.07. The number of para-hydroxylation sites is 1. The van der Waals surface area contributed by atoms with E-state index in [4.69, 9.17) is 4.42 Å². The highest BCUT2D eigenvalue weighted by atomic mass is 16.3. The zero-order valence-electron chi connectivity index (χ0n) is 16.9. The van der Waals surface area contributed by atoms with Crippen LogP contribution in [0.15, 0.2) is 40.8 Å². The fourth-order valence-electron chi connectivity index (χ4n) is 2.83. The average Bonchev–Trinajstić information content (AvgIpc) is 3.07. The first kappa shape index (κ1) is 21.5. The van der Waals surface area contributed by atoms with Crippen LogP contribution in [0, 0.1) is 13.8 Å². The van der Waals surface area contributed by atoms with Crippen molar-refractivity contribution in [2.45, 2.75) is 54.9 Å². The summed E-state index contributed by atoms with van der Waals surface area (Å²) in [5.41, 5.74) is 3.34. The van der Waals surface area contributed by atoms with Crippen molar-refractivity contribution < 1.29 is 14.3 Å². The molecule has 1 aromatic heterocycles. The van der Waals surface area contributed by atoms with Gasteiger partial charge in [-0.05, 0) is 43.2 Å². The molecule has 0 spiro atoms. The Balaban J connectivity index is 0.000000791. The number of fused-ring (bicyclic) bond motifs is 1. The van der Waals surface area contributed by atoms with E-state index in [1.54, 1.807) is 26.0 Å². The summed E-state index contributed by atoms with van der Waals surface area (Å²) >= 11 is 0. The third kappa shape index (κ3) is 4.16. The van der Waals surface area contributed by atoms with E-state index < -0.39 is 0 Å². The van der Waals surface area contributed by atoms with E-state index in [-0.39, 0.29) is 11.5 Å². The predicted octanol–water partition coefficient (Wildman–Crippen LogP) is 6.60. The molecule has 0 bridgehead atoms. The fourth-order valence-corrected chi connectivity index (χ4v) is 2.83. The van der Waals surface area contributed by atoms with Crippen molar-refractivity contribution in [2.75, 3.05) is 0 Å². The third-order valence-corrected chi connectivity index (χ3v) is 3.97. The van der Waals surface area contributed by atoms with Crippen molar-refractivity contribution in [3.8, 4) is 5.75 Å². The molecule has 0 atom stereocenters.